The fraction of sp³-hybridized carbons (Fsp3) is 0.133. The molecule has 1 amide bonds. The molecule has 1 aromatic carbocycles. The Kier molecular flexibility index (Phi) is 4.10. The van der Waals surface area contributed by atoms with Crippen molar-refractivity contribution in [3.05, 3.63) is 71.4 Å². The molecule has 0 saturated carbocycles. The minimum Gasteiger partial charge on any atom is -0.504 e. The van der Waals surface area contributed by atoms with Gasteiger partial charge in [0.25, 0.3) is 0 Å². The second kappa shape index (κ2) is 5.97. The van der Waals surface area contributed by atoms with Crippen LogP contribution < -0.4 is 5.73 Å². The standard InChI is InChI=1S/C15H16N2O3/c1-11-7-8-13(16)14(18)9-17(11)15(19)20-10-12-5-3-2-4-6-12/h2-9,18H,10,16H2,1H3. The van der Waals surface area contributed by atoms with Gasteiger partial charge in [-0.15, -0.1) is 0 Å². The van der Waals surface area contributed by atoms with Gasteiger partial charge in [-0.1, -0.05) is 30.3 Å². The number of aliphatic hydroxyl groups is 1. The predicted octanol–water partition coefficient (Wildman–Crippen LogP) is 2.78. The number of rotatable bonds is 2. The van der Waals surface area contributed by atoms with Crippen LogP contribution in [0.1, 0.15) is 12.5 Å². The van der Waals surface area contributed by atoms with Gasteiger partial charge in [-0.25, -0.2) is 4.79 Å². The molecule has 0 atom stereocenters. The number of amides is 1. The van der Waals surface area contributed by atoms with Crippen LogP contribution in [-0.2, 0) is 11.3 Å². The molecule has 3 N–H and O–H groups in total. The number of carbonyl (C=O) groups is 1. The predicted molar refractivity (Wildman–Crippen MR) is 75.2 cm³/mol. The molecule has 5 nitrogen and oxygen atoms in total. The Balaban J connectivity index is 2.06. The third-order valence-corrected chi connectivity index (χ3v) is 2.83. The molecule has 1 aliphatic rings. The van der Waals surface area contributed by atoms with E-state index in [2.05, 4.69) is 0 Å². The molecule has 1 heterocycles. The largest absolute Gasteiger partial charge is 0.504 e. The first kappa shape index (κ1) is 13.7. The van der Waals surface area contributed by atoms with E-state index >= 15 is 0 Å². The van der Waals surface area contributed by atoms with Crippen LogP contribution in [-0.4, -0.2) is 16.1 Å². The number of nitrogens with two attached hydrogens (primary N) is 1. The third kappa shape index (κ3) is 3.20. The van der Waals surface area contributed by atoms with Gasteiger partial charge in [0.15, 0.2) is 5.76 Å². The molecule has 0 bridgehead atoms. The molecule has 2 rings (SSSR count). The van der Waals surface area contributed by atoms with Gasteiger partial charge >= 0.3 is 6.09 Å². The van der Waals surface area contributed by atoms with Crippen molar-refractivity contribution in [3.63, 3.8) is 0 Å². The van der Waals surface area contributed by atoms with Gasteiger partial charge < -0.3 is 15.6 Å². The summed E-state index contributed by atoms with van der Waals surface area (Å²) < 4.78 is 5.20. The topological polar surface area (TPSA) is 75.8 Å². The van der Waals surface area contributed by atoms with Gasteiger partial charge in [0, 0.05) is 5.70 Å². The number of benzene rings is 1. The molecule has 0 saturated heterocycles. The number of nitrogens with zero attached hydrogens (tertiary/aromatic N) is 1. The average molecular weight is 272 g/mol. The van der Waals surface area contributed by atoms with Crippen LogP contribution >= 0.6 is 0 Å². The summed E-state index contributed by atoms with van der Waals surface area (Å²) in [5.41, 5.74) is 7.28. The first-order valence-corrected chi connectivity index (χ1v) is 6.13. The summed E-state index contributed by atoms with van der Waals surface area (Å²) in [6, 6.07) is 9.37. The minimum absolute atomic E-state index is 0.168. The lowest BCUT2D eigenvalue weighted by atomic mass is 10.2. The van der Waals surface area contributed by atoms with Gasteiger partial charge in [0.1, 0.15) is 6.61 Å². The molecule has 1 aliphatic heterocycles. The van der Waals surface area contributed by atoms with Crippen LogP contribution in [0.4, 0.5) is 4.79 Å². The number of hydrogen-bond acceptors (Lipinski definition) is 4. The van der Waals surface area contributed by atoms with Crippen molar-refractivity contribution in [1.82, 2.24) is 4.90 Å². The lowest BCUT2D eigenvalue weighted by molar-refractivity contribution is 0.117. The quantitative estimate of drug-likeness (QED) is 0.868. The Morgan fingerprint density at radius 1 is 1.30 bits per heavy atom. The number of hydrogen-bond donors (Lipinski definition) is 2. The van der Waals surface area contributed by atoms with Crippen LogP contribution in [0, 0.1) is 0 Å². The van der Waals surface area contributed by atoms with E-state index in [0.29, 0.717) is 5.70 Å². The molecule has 0 fully saturated rings. The zero-order chi connectivity index (χ0) is 14.5. The van der Waals surface area contributed by atoms with Crippen molar-refractivity contribution in [1.29, 1.82) is 0 Å². The molecule has 104 valence electrons. The summed E-state index contributed by atoms with van der Waals surface area (Å²) in [7, 11) is 0. The fourth-order valence-electron chi connectivity index (χ4n) is 1.66. The summed E-state index contributed by atoms with van der Waals surface area (Å²) in [6.07, 6.45) is 3.85. The van der Waals surface area contributed by atoms with Crippen LogP contribution in [0.15, 0.2) is 65.8 Å². The lowest BCUT2D eigenvalue weighted by Crippen LogP contribution is -2.25. The van der Waals surface area contributed by atoms with E-state index in [-0.39, 0.29) is 18.1 Å². The zero-order valence-electron chi connectivity index (χ0n) is 11.1. The fourth-order valence-corrected chi connectivity index (χ4v) is 1.66. The summed E-state index contributed by atoms with van der Waals surface area (Å²) in [5, 5.41) is 9.67. The maximum Gasteiger partial charge on any atom is 0.418 e. The van der Waals surface area contributed by atoms with Gasteiger partial charge in [0.2, 0.25) is 0 Å². The maximum absolute atomic E-state index is 12.0. The van der Waals surface area contributed by atoms with Crippen molar-refractivity contribution in [2.24, 2.45) is 5.73 Å². The normalized spacial score (nSPS) is 14.8. The number of carbonyl (C=O) groups excluding carboxylic acids is 1. The zero-order valence-corrected chi connectivity index (χ0v) is 11.1. The summed E-state index contributed by atoms with van der Waals surface area (Å²) in [5.74, 6) is -0.172. The molecule has 20 heavy (non-hydrogen) atoms. The lowest BCUT2D eigenvalue weighted by Gasteiger charge is -2.18. The summed E-state index contributed by atoms with van der Waals surface area (Å²) in [6.45, 7) is 1.89. The van der Waals surface area contributed by atoms with Crippen molar-refractivity contribution in [2.45, 2.75) is 13.5 Å². The van der Waals surface area contributed by atoms with E-state index in [0.717, 1.165) is 5.56 Å². The van der Waals surface area contributed by atoms with Crippen molar-refractivity contribution < 1.29 is 14.6 Å². The molecule has 0 aromatic heterocycles. The van der Waals surface area contributed by atoms with Crippen LogP contribution in [0.25, 0.3) is 0 Å². The maximum atomic E-state index is 12.0. The van der Waals surface area contributed by atoms with E-state index in [9.17, 15) is 9.90 Å². The summed E-state index contributed by atoms with van der Waals surface area (Å²) in [4.78, 5) is 13.2. The molecular weight excluding hydrogens is 256 g/mol. The van der Waals surface area contributed by atoms with E-state index in [1.54, 1.807) is 13.0 Å². The van der Waals surface area contributed by atoms with Crippen LogP contribution in [0.2, 0.25) is 0 Å². The van der Waals surface area contributed by atoms with Crippen LogP contribution in [0.5, 0.6) is 0 Å². The SMILES string of the molecule is CC1=CC=C(N)C(O)=CN1C(=O)OCc1ccccc1. The molecular formula is C15H16N2O3. The highest BCUT2D eigenvalue weighted by Gasteiger charge is 2.18. The first-order chi connectivity index (χ1) is 9.58. The highest BCUT2D eigenvalue weighted by Crippen LogP contribution is 2.16. The average Bonchev–Trinajstić information content (AvgIpc) is 2.59. The highest BCUT2D eigenvalue weighted by molar-refractivity contribution is 5.72. The van der Waals surface area contributed by atoms with Crippen molar-refractivity contribution in [2.75, 3.05) is 0 Å². The molecule has 0 aliphatic carbocycles. The van der Waals surface area contributed by atoms with E-state index in [4.69, 9.17) is 10.5 Å². The molecule has 0 radical (unpaired) electrons. The molecule has 0 unspecified atom stereocenters. The van der Waals surface area contributed by atoms with Gasteiger partial charge in [-0.3, -0.25) is 4.90 Å². The third-order valence-electron chi connectivity index (χ3n) is 2.83. The van der Waals surface area contributed by atoms with E-state index < -0.39 is 6.09 Å². The van der Waals surface area contributed by atoms with Gasteiger partial charge in [-0.05, 0) is 24.6 Å². The van der Waals surface area contributed by atoms with Gasteiger partial charge in [0.05, 0.1) is 11.9 Å². The Hall–Kier alpha value is -2.69. The molecule has 1 aromatic rings. The smallest absolute Gasteiger partial charge is 0.418 e. The Morgan fingerprint density at radius 3 is 2.70 bits per heavy atom. The minimum atomic E-state index is -0.572. The second-order valence-electron chi connectivity index (χ2n) is 4.35. The second-order valence-corrected chi connectivity index (χ2v) is 4.35. The molecule has 0 spiro atoms. The first-order valence-electron chi connectivity index (χ1n) is 6.13. The van der Waals surface area contributed by atoms with E-state index in [1.807, 2.05) is 30.3 Å². The molecule has 5 heteroatoms. The van der Waals surface area contributed by atoms with Crippen molar-refractivity contribution in [3.8, 4) is 0 Å². The number of allylic oxidation sites excluding steroid dienone is 3. The van der Waals surface area contributed by atoms with Crippen LogP contribution in [0.3, 0.4) is 0 Å². The summed E-state index contributed by atoms with van der Waals surface area (Å²) >= 11 is 0. The number of ether oxygens (including phenoxy) is 1. The van der Waals surface area contributed by atoms with E-state index in [1.165, 1.54) is 17.2 Å². The van der Waals surface area contributed by atoms with Crippen molar-refractivity contribution >= 4 is 6.09 Å². The monoisotopic (exact) mass is 272 g/mol. The number of aliphatic hydroxyl groups excluding tert-OH is 1. The Morgan fingerprint density at radius 2 is 2.00 bits per heavy atom. The highest BCUT2D eigenvalue weighted by atomic mass is 16.6. The Bertz CT molecular complexity index is 588. The van der Waals surface area contributed by atoms with Gasteiger partial charge in [-0.2, -0.15) is 0 Å². The Labute approximate surface area is 117 Å².